The summed E-state index contributed by atoms with van der Waals surface area (Å²) >= 11 is 0. The Balaban J connectivity index is 2.31. The van der Waals surface area contributed by atoms with E-state index in [-0.39, 0.29) is 11.9 Å². The van der Waals surface area contributed by atoms with Gasteiger partial charge in [0.05, 0.1) is 6.04 Å². The van der Waals surface area contributed by atoms with Gasteiger partial charge in [-0.3, -0.25) is 4.79 Å². The van der Waals surface area contributed by atoms with E-state index in [0.717, 1.165) is 6.42 Å². The maximum atomic E-state index is 11.3. The van der Waals surface area contributed by atoms with E-state index in [2.05, 4.69) is 15.3 Å². The molecular weight excluding hydrogens is 218 g/mol. The molecule has 0 saturated heterocycles. The van der Waals surface area contributed by atoms with E-state index in [9.17, 15) is 4.79 Å². The Hall–Kier alpha value is -1.26. The van der Waals surface area contributed by atoms with Crippen LogP contribution in [-0.4, -0.2) is 25.0 Å². The lowest BCUT2D eigenvalue weighted by Crippen LogP contribution is -2.43. The fraction of sp³-hybridized carbons (Fsp3) is 0.909. The van der Waals surface area contributed by atoms with Gasteiger partial charge in [-0.05, 0) is 17.9 Å². The molecule has 1 aliphatic rings. The van der Waals surface area contributed by atoms with Crippen molar-refractivity contribution >= 4 is 5.91 Å². The number of nitrogens with zero attached hydrogens (tertiary/aromatic N) is 3. The van der Waals surface area contributed by atoms with Crippen LogP contribution in [0.3, 0.4) is 0 Å². The van der Waals surface area contributed by atoms with Crippen LogP contribution in [-0.2, 0) is 4.79 Å². The molecule has 1 amide bonds. The molecule has 0 spiro atoms. The number of hydrogen-bond donors (Lipinski definition) is 2. The van der Waals surface area contributed by atoms with Crippen molar-refractivity contribution < 1.29 is 4.79 Å². The van der Waals surface area contributed by atoms with Crippen LogP contribution in [0.2, 0.25) is 0 Å². The van der Waals surface area contributed by atoms with Crippen molar-refractivity contribution in [3.8, 4) is 0 Å². The molecule has 1 atom stereocenters. The smallest absolute Gasteiger partial charge is 0.234 e. The molecule has 0 aromatic carbocycles. The van der Waals surface area contributed by atoms with E-state index in [0.29, 0.717) is 19.0 Å². The zero-order valence-electron chi connectivity index (χ0n) is 10.1. The molecule has 0 aliphatic heterocycles. The zero-order valence-corrected chi connectivity index (χ0v) is 10.1. The lowest BCUT2D eigenvalue weighted by atomic mass is 9.84. The lowest BCUT2D eigenvalue weighted by Gasteiger charge is -2.25. The number of carbonyl (C=O) groups excluding carboxylic acids is 1. The van der Waals surface area contributed by atoms with Gasteiger partial charge in [-0.25, -0.2) is 0 Å². The second kappa shape index (κ2) is 7.92. The largest absolute Gasteiger partial charge is 0.368 e. The van der Waals surface area contributed by atoms with Crippen molar-refractivity contribution in [3.63, 3.8) is 0 Å². The van der Waals surface area contributed by atoms with Gasteiger partial charge in [0.1, 0.15) is 0 Å². The number of carbonyl (C=O) groups is 1. The van der Waals surface area contributed by atoms with Gasteiger partial charge >= 0.3 is 0 Å². The predicted molar refractivity (Wildman–Crippen MR) is 66.2 cm³/mol. The van der Waals surface area contributed by atoms with E-state index in [1.54, 1.807) is 0 Å². The van der Waals surface area contributed by atoms with Crippen molar-refractivity contribution in [2.24, 2.45) is 16.8 Å². The van der Waals surface area contributed by atoms with Crippen molar-refractivity contribution in [2.45, 2.75) is 44.6 Å². The summed E-state index contributed by atoms with van der Waals surface area (Å²) in [6, 6.07) is -0.285. The molecule has 1 saturated carbocycles. The highest BCUT2D eigenvalue weighted by molar-refractivity contribution is 5.79. The summed E-state index contributed by atoms with van der Waals surface area (Å²) in [5.74, 6) is 0.296. The molecule has 17 heavy (non-hydrogen) atoms. The number of amides is 1. The third-order valence-corrected chi connectivity index (χ3v) is 3.30. The average Bonchev–Trinajstić information content (AvgIpc) is 2.34. The molecule has 0 bridgehead atoms. The van der Waals surface area contributed by atoms with Gasteiger partial charge in [-0.2, -0.15) is 0 Å². The predicted octanol–water partition coefficient (Wildman–Crippen LogP) is 1.71. The van der Waals surface area contributed by atoms with Crippen LogP contribution in [0.5, 0.6) is 0 Å². The Kier molecular flexibility index (Phi) is 6.43. The Morgan fingerprint density at radius 2 is 2.18 bits per heavy atom. The van der Waals surface area contributed by atoms with Crippen LogP contribution < -0.4 is 11.1 Å². The second-order valence-corrected chi connectivity index (χ2v) is 4.60. The molecule has 6 nitrogen and oxygen atoms in total. The minimum atomic E-state index is -0.309. The summed E-state index contributed by atoms with van der Waals surface area (Å²) in [5, 5.41) is 6.48. The molecule has 1 aliphatic carbocycles. The SMILES string of the molecule is [N-]=[N+]=NCCNC(CC1CCCCC1)C(N)=O. The molecule has 1 rings (SSSR count). The number of hydrogen-bond acceptors (Lipinski definition) is 3. The van der Waals surface area contributed by atoms with E-state index in [4.69, 9.17) is 11.3 Å². The first kappa shape index (κ1) is 13.8. The minimum Gasteiger partial charge on any atom is -0.368 e. The Labute approximate surface area is 102 Å². The first-order valence-electron chi connectivity index (χ1n) is 6.27. The molecule has 0 radical (unpaired) electrons. The van der Waals surface area contributed by atoms with E-state index < -0.39 is 0 Å². The summed E-state index contributed by atoms with van der Waals surface area (Å²) in [7, 11) is 0. The molecule has 96 valence electrons. The number of primary amides is 1. The Morgan fingerprint density at radius 1 is 1.47 bits per heavy atom. The van der Waals surface area contributed by atoms with Crippen LogP contribution in [0, 0.1) is 5.92 Å². The van der Waals surface area contributed by atoms with Gasteiger partial charge in [0.15, 0.2) is 0 Å². The summed E-state index contributed by atoms with van der Waals surface area (Å²) in [4.78, 5) is 14.0. The zero-order chi connectivity index (χ0) is 12.5. The Bertz CT molecular complexity index is 282. The molecule has 1 fully saturated rings. The Morgan fingerprint density at radius 3 is 2.76 bits per heavy atom. The van der Waals surface area contributed by atoms with Gasteiger partial charge in [0.25, 0.3) is 0 Å². The number of nitrogens with two attached hydrogens (primary N) is 1. The molecule has 3 N–H and O–H groups in total. The van der Waals surface area contributed by atoms with Crippen LogP contribution in [0.25, 0.3) is 10.4 Å². The van der Waals surface area contributed by atoms with E-state index in [1.807, 2.05) is 0 Å². The van der Waals surface area contributed by atoms with Gasteiger partial charge in [0.2, 0.25) is 5.91 Å². The molecule has 0 heterocycles. The van der Waals surface area contributed by atoms with Crippen LogP contribution in [0.4, 0.5) is 0 Å². The van der Waals surface area contributed by atoms with Crippen molar-refractivity contribution in [3.05, 3.63) is 10.4 Å². The maximum Gasteiger partial charge on any atom is 0.234 e. The van der Waals surface area contributed by atoms with Crippen molar-refractivity contribution in [1.82, 2.24) is 5.32 Å². The summed E-state index contributed by atoms with van der Waals surface area (Å²) in [6.45, 7) is 0.856. The normalized spacial score (nSPS) is 18.4. The minimum absolute atomic E-state index is 0.285. The van der Waals surface area contributed by atoms with Crippen LogP contribution in [0.1, 0.15) is 38.5 Å². The fourth-order valence-electron chi connectivity index (χ4n) is 2.39. The second-order valence-electron chi connectivity index (χ2n) is 4.60. The average molecular weight is 239 g/mol. The van der Waals surface area contributed by atoms with Gasteiger partial charge in [0, 0.05) is 18.0 Å². The topological polar surface area (TPSA) is 104 Å². The highest BCUT2D eigenvalue weighted by Crippen LogP contribution is 2.27. The van der Waals surface area contributed by atoms with Crippen LogP contribution in [0.15, 0.2) is 5.11 Å². The molecular formula is C11H21N5O. The molecule has 0 aromatic rings. The highest BCUT2D eigenvalue weighted by atomic mass is 16.1. The summed E-state index contributed by atoms with van der Waals surface area (Å²) in [5.41, 5.74) is 13.5. The highest BCUT2D eigenvalue weighted by Gasteiger charge is 2.21. The van der Waals surface area contributed by atoms with Crippen molar-refractivity contribution in [1.29, 1.82) is 0 Å². The first-order valence-corrected chi connectivity index (χ1v) is 6.27. The quantitative estimate of drug-likeness (QED) is 0.305. The molecule has 6 heteroatoms. The number of azide groups is 1. The molecule has 1 unspecified atom stereocenters. The summed E-state index contributed by atoms with van der Waals surface area (Å²) < 4.78 is 0. The van der Waals surface area contributed by atoms with E-state index in [1.165, 1.54) is 32.1 Å². The van der Waals surface area contributed by atoms with Gasteiger partial charge < -0.3 is 11.1 Å². The third kappa shape index (κ3) is 5.56. The third-order valence-electron chi connectivity index (χ3n) is 3.30. The monoisotopic (exact) mass is 239 g/mol. The van der Waals surface area contributed by atoms with Gasteiger partial charge in [-0.1, -0.05) is 37.2 Å². The van der Waals surface area contributed by atoms with Crippen LogP contribution >= 0.6 is 0 Å². The first-order chi connectivity index (χ1) is 8.24. The number of nitrogens with one attached hydrogen (secondary N) is 1. The fourth-order valence-corrected chi connectivity index (χ4v) is 2.39. The standard InChI is InChI=1S/C11H21N5O/c12-11(17)10(14-6-7-15-16-13)8-9-4-2-1-3-5-9/h9-10,14H,1-8H2,(H2,12,17). The lowest BCUT2D eigenvalue weighted by molar-refractivity contribution is -0.120. The van der Waals surface area contributed by atoms with E-state index >= 15 is 0 Å². The molecule has 0 aromatic heterocycles. The number of rotatable bonds is 7. The maximum absolute atomic E-state index is 11.3. The van der Waals surface area contributed by atoms with Crippen molar-refractivity contribution in [2.75, 3.05) is 13.1 Å². The van der Waals surface area contributed by atoms with Gasteiger partial charge in [-0.15, -0.1) is 0 Å². The summed E-state index contributed by atoms with van der Waals surface area (Å²) in [6.07, 6.45) is 7.03.